The van der Waals surface area contributed by atoms with Gasteiger partial charge < -0.3 is 15.1 Å². The fourth-order valence-corrected chi connectivity index (χ4v) is 2.82. The zero-order valence-corrected chi connectivity index (χ0v) is 12.6. The van der Waals surface area contributed by atoms with Gasteiger partial charge in [0.1, 0.15) is 0 Å². The number of fused-ring (bicyclic) bond motifs is 1. The van der Waals surface area contributed by atoms with Crippen molar-refractivity contribution < 1.29 is 4.74 Å². The molecule has 1 saturated heterocycles. The van der Waals surface area contributed by atoms with Crippen LogP contribution in [0.5, 0.6) is 0 Å². The number of hydrogen-bond acceptors (Lipinski definition) is 6. The van der Waals surface area contributed by atoms with E-state index in [1.54, 1.807) is 4.52 Å². The summed E-state index contributed by atoms with van der Waals surface area (Å²) in [6, 6.07) is 12.0. The first-order chi connectivity index (χ1) is 11.3. The minimum Gasteiger partial charge on any atom is -0.378 e. The van der Waals surface area contributed by atoms with Gasteiger partial charge in [-0.3, -0.25) is 0 Å². The van der Waals surface area contributed by atoms with Crippen molar-refractivity contribution in [2.45, 2.75) is 0 Å². The standard InChI is InChI=1S/C16H18N6O/c17-19-15-10-14(21-6-8-23-9-7-21)16-18-13(11-22(16)20-15)12-4-2-1-3-5-12/h1-5,10-11H,6-9,17H2,(H,19,20). The van der Waals surface area contributed by atoms with Crippen LogP contribution in [0.3, 0.4) is 0 Å². The Morgan fingerprint density at radius 1 is 1.13 bits per heavy atom. The molecule has 0 unspecified atom stereocenters. The number of nitrogens with two attached hydrogens (primary N) is 1. The molecule has 0 atom stereocenters. The molecule has 0 amide bonds. The van der Waals surface area contributed by atoms with Crippen LogP contribution in [0.4, 0.5) is 11.5 Å². The summed E-state index contributed by atoms with van der Waals surface area (Å²) in [5.41, 5.74) is 6.42. The van der Waals surface area contributed by atoms with Crippen molar-refractivity contribution in [2.24, 2.45) is 5.84 Å². The smallest absolute Gasteiger partial charge is 0.177 e. The zero-order chi connectivity index (χ0) is 15.6. The molecule has 2 aromatic heterocycles. The molecule has 118 valence electrons. The van der Waals surface area contributed by atoms with Gasteiger partial charge in [0.25, 0.3) is 0 Å². The lowest BCUT2D eigenvalue weighted by Gasteiger charge is -2.29. The highest BCUT2D eigenvalue weighted by Crippen LogP contribution is 2.27. The van der Waals surface area contributed by atoms with Crippen LogP contribution in [0.15, 0.2) is 42.6 Å². The second-order valence-electron chi connectivity index (χ2n) is 5.42. The number of aromatic nitrogens is 3. The van der Waals surface area contributed by atoms with Crippen LogP contribution in [0.2, 0.25) is 0 Å². The molecule has 23 heavy (non-hydrogen) atoms. The molecule has 3 heterocycles. The molecule has 3 N–H and O–H groups in total. The lowest BCUT2D eigenvalue weighted by Crippen LogP contribution is -2.36. The summed E-state index contributed by atoms with van der Waals surface area (Å²) >= 11 is 0. The van der Waals surface area contributed by atoms with Crippen LogP contribution in [0.25, 0.3) is 16.9 Å². The van der Waals surface area contributed by atoms with Crippen LogP contribution >= 0.6 is 0 Å². The first-order valence-corrected chi connectivity index (χ1v) is 7.60. The minimum atomic E-state index is 0.607. The minimum absolute atomic E-state index is 0.607. The highest BCUT2D eigenvalue weighted by Gasteiger charge is 2.18. The summed E-state index contributed by atoms with van der Waals surface area (Å²) in [5.74, 6) is 6.18. The fourth-order valence-electron chi connectivity index (χ4n) is 2.82. The highest BCUT2D eigenvalue weighted by molar-refractivity contribution is 5.75. The van der Waals surface area contributed by atoms with Crippen molar-refractivity contribution >= 4 is 17.2 Å². The van der Waals surface area contributed by atoms with E-state index in [1.165, 1.54) is 0 Å². The number of hydrogen-bond donors (Lipinski definition) is 2. The van der Waals surface area contributed by atoms with E-state index in [9.17, 15) is 0 Å². The third kappa shape index (κ3) is 2.60. The quantitative estimate of drug-likeness (QED) is 0.564. The average Bonchev–Trinajstić information content (AvgIpc) is 3.06. The second-order valence-corrected chi connectivity index (χ2v) is 5.42. The van der Waals surface area contributed by atoms with Gasteiger partial charge in [-0.2, -0.15) is 0 Å². The van der Waals surface area contributed by atoms with E-state index >= 15 is 0 Å². The molecule has 0 radical (unpaired) electrons. The first kappa shape index (κ1) is 14.0. The number of hydrazine groups is 1. The predicted molar refractivity (Wildman–Crippen MR) is 89.3 cm³/mol. The second kappa shape index (κ2) is 5.86. The first-order valence-electron chi connectivity index (χ1n) is 7.60. The molecule has 3 aromatic rings. The van der Waals surface area contributed by atoms with Gasteiger partial charge in [-0.05, 0) is 0 Å². The van der Waals surface area contributed by atoms with Crippen molar-refractivity contribution in [3.8, 4) is 11.3 Å². The van der Waals surface area contributed by atoms with Gasteiger partial charge in [0.05, 0.1) is 30.8 Å². The van der Waals surface area contributed by atoms with Gasteiger partial charge in [-0.25, -0.2) is 15.3 Å². The third-order valence-electron chi connectivity index (χ3n) is 3.98. The number of morpholine rings is 1. The summed E-state index contributed by atoms with van der Waals surface area (Å²) in [6.45, 7) is 3.09. The van der Waals surface area contributed by atoms with E-state index in [2.05, 4.69) is 15.4 Å². The zero-order valence-electron chi connectivity index (χ0n) is 12.6. The van der Waals surface area contributed by atoms with Crippen molar-refractivity contribution in [1.82, 2.24) is 14.6 Å². The summed E-state index contributed by atoms with van der Waals surface area (Å²) < 4.78 is 7.22. The largest absolute Gasteiger partial charge is 0.378 e. The Morgan fingerprint density at radius 2 is 1.91 bits per heavy atom. The summed E-state index contributed by atoms with van der Waals surface area (Å²) in [4.78, 5) is 7.04. The number of nitrogens with one attached hydrogen (secondary N) is 1. The van der Waals surface area contributed by atoms with E-state index < -0.39 is 0 Å². The average molecular weight is 310 g/mol. The molecule has 1 fully saturated rings. The van der Waals surface area contributed by atoms with E-state index in [1.807, 2.05) is 42.6 Å². The van der Waals surface area contributed by atoms with Crippen LogP contribution in [-0.4, -0.2) is 40.9 Å². The summed E-state index contributed by atoms with van der Waals surface area (Å²) in [5, 5.41) is 4.46. The van der Waals surface area contributed by atoms with Gasteiger partial charge >= 0.3 is 0 Å². The molecular formula is C16H18N6O. The molecule has 0 saturated carbocycles. The number of benzene rings is 1. The van der Waals surface area contributed by atoms with Crippen molar-refractivity contribution in [3.05, 3.63) is 42.6 Å². The molecule has 7 heteroatoms. The Bertz CT molecular complexity index is 810. The number of ether oxygens (including phenoxy) is 1. The Hall–Kier alpha value is -2.64. The Labute approximate surface area is 133 Å². The molecule has 4 rings (SSSR count). The van der Waals surface area contributed by atoms with E-state index in [-0.39, 0.29) is 0 Å². The number of nitrogens with zero attached hydrogens (tertiary/aromatic N) is 4. The SMILES string of the molecule is NNc1cc(N2CCOCC2)c2nc(-c3ccccc3)cn2n1. The highest BCUT2D eigenvalue weighted by atomic mass is 16.5. The normalized spacial score (nSPS) is 15.1. The monoisotopic (exact) mass is 310 g/mol. The molecule has 1 aliphatic rings. The Kier molecular flexibility index (Phi) is 3.57. The van der Waals surface area contributed by atoms with Crippen LogP contribution in [0.1, 0.15) is 0 Å². The molecule has 0 bridgehead atoms. The fraction of sp³-hybridized carbons (Fsp3) is 0.250. The summed E-state index contributed by atoms with van der Waals surface area (Å²) in [6.07, 6.45) is 1.93. The number of rotatable bonds is 3. The van der Waals surface area contributed by atoms with Crippen LogP contribution in [-0.2, 0) is 4.74 Å². The lowest BCUT2D eigenvalue weighted by atomic mass is 10.2. The van der Waals surface area contributed by atoms with E-state index in [0.717, 1.165) is 35.7 Å². The van der Waals surface area contributed by atoms with Gasteiger partial charge in [-0.15, -0.1) is 5.10 Å². The number of imidazole rings is 1. The Balaban J connectivity index is 1.85. The number of nitrogen functional groups attached to an aromatic ring is 1. The maximum absolute atomic E-state index is 5.57. The topological polar surface area (TPSA) is 80.7 Å². The van der Waals surface area contributed by atoms with Crippen molar-refractivity contribution in [2.75, 3.05) is 36.6 Å². The molecule has 0 spiro atoms. The molecule has 1 aliphatic heterocycles. The van der Waals surface area contributed by atoms with Crippen molar-refractivity contribution in [1.29, 1.82) is 0 Å². The molecule has 0 aliphatic carbocycles. The van der Waals surface area contributed by atoms with Crippen LogP contribution < -0.4 is 16.2 Å². The number of anilines is 2. The molecule has 7 nitrogen and oxygen atoms in total. The lowest BCUT2D eigenvalue weighted by molar-refractivity contribution is 0.123. The molecular weight excluding hydrogens is 292 g/mol. The maximum Gasteiger partial charge on any atom is 0.177 e. The van der Waals surface area contributed by atoms with Crippen LogP contribution in [0, 0.1) is 0 Å². The third-order valence-corrected chi connectivity index (χ3v) is 3.98. The maximum atomic E-state index is 5.57. The van der Waals surface area contributed by atoms with Gasteiger partial charge in [0.2, 0.25) is 0 Å². The van der Waals surface area contributed by atoms with Gasteiger partial charge in [0, 0.05) is 24.7 Å². The van der Waals surface area contributed by atoms with E-state index in [4.69, 9.17) is 15.6 Å². The molecule has 1 aromatic carbocycles. The van der Waals surface area contributed by atoms with Crippen molar-refractivity contribution in [3.63, 3.8) is 0 Å². The predicted octanol–water partition coefficient (Wildman–Crippen LogP) is 1.52. The van der Waals surface area contributed by atoms with Gasteiger partial charge in [-0.1, -0.05) is 30.3 Å². The van der Waals surface area contributed by atoms with E-state index in [0.29, 0.717) is 19.0 Å². The Morgan fingerprint density at radius 3 is 2.65 bits per heavy atom. The van der Waals surface area contributed by atoms with Gasteiger partial charge in [0.15, 0.2) is 11.5 Å². The summed E-state index contributed by atoms with van der Waals surface area (Å²) in [7, 11) is 0.